The van der Waals surface area contributed by atoms with E-state index in [0.29, 0.717) is 17.6 Å². The van der Waals surface area contributed by atoms with Gasteiger partial charge in [-0.2, -0.15) is 0 Å². The van der Waals surface area contributed by atoms with Gasteiger partial charge in [-0.3, -0.25) is 0 Å². The van der Waals surface area contributed by atoms with Crippen LogP contribution in [-0.2, 0) is 4.74 Å². The predicted molar refractivity (Wildman–Crippen MR) is 62.0 cm³/mol. The van der Waals surface area contributed by atoms with Crippen LogP contribution in [0, 0.1) is 5.92 Å². The van der Waals surface area contributed by atoms with Crippen LogP contribution in [0.3, 0.4) is 0 Å². The van der Waals surface area contributed by atoms with E-state index in [-0.39, 0.29) is 5.76 Å². The molecule has 0 unspecified atom stereocenters. The van der Waals surface area contributed by atoms with Gasteiger partial charge < -0.3 is 14.3 Å². The van der Waals surface area contributed by atoms with E-state index < -0.39 is 5.97 Å². The van der Waals surface area contributed by atoms with Crippen LogP contribution < -0.4 is 0 Å². The molecule has 1 N–H and O–H groups in total. The number of hydrogen-bond acceptors (Lipinski definition) is 4. The smallest absolute Gasteiger partial charge is 0.371 e. The van der Waals surface area contributed by atoms with E-state index in [0.717, 1.165) is 12.4 Å². The summed E-state index contributed by atoms with van der Waals surface area (Å²) in [6.07, 6.45) is 0. The molecule has 0 radical (unpaired) electrons. The molecule has 0 fully saturated rings. The maximum Gasteiger partial charge on any atom is 0.371 e. The lowest BCUT2D eigenvalue weighted by Crippen LogP contribution is -2.04. The second-order valence-corrected chi connectivity index (χ2v) is 4.84. The van der Waals surface area contributed by atoms with E-state index >= 15 is 0 Å². The van der Waals surface area contributed by atoms with Gasteiger partial charge >= 0.3 is 5.97 Å². The summed E-state index contributed by atoms with van der Waals surface area (Å²) in [4.78, 5) is 10.5. The molecule has 5 heteroatoms. The Kier molecular flexibility index (Phi) is 5.42. The molecule has 0 aromatic carbocycles. The average Bonchev–Trinajstić information content (AvgIpc) is 2.65. The van der Waals surface area contributed by atoms with Crippen molar-refractivity contribution in [3.8, 4) is 0 Å². The number of ether oxygens (including phenoxy) is 1. The van der Waals surface area contributed by atoms with Crippen LogP contribution in [0.4, 0.5) is 0 Å². The summed E-state index contributed by atoms with van der Waals surface area (Å²) in [6.45, 7) is 5.59. The minimum Gasteiger partial charge on any atom is -0.475 e. The molecule has 1 aromatic heterocycles. The van der Waals surface area contributed by atoms with Crippen molar-refractivity contribution in [3.05, 3.63) is 17.9 Å². The van der Waals surface area contributed by atoms with E-state index in [1.807, 2.05) is 0 Å². The molecular formula is C11H16O4S. The fraction of sp³-hybridized carbons (Fsp3) is 0.545. The van der Waals surface area contributed by atoms with Gasteiger partial charge in [0, 0.05) is 12.4 Å². The Balaban J connectivity index is 2.19. The fourth-order valence-corrected chi connectivity index (χ4v) is 1.75. The standard InChI is InChI=1S/C11H16O4S/c1-8(2)7-14-5-6-16-10-4-3-9(15-10)11(12)13/h3-4,8H,5-7H2,1-2H3,(H,12,13). The second-order valence-electron chi connectivity index (χ2n) is 3.74. The number of carboxylic acid groups (broad SMARTS) is 1. The van der Waals surface area contributed by atoms with E-state index in [1.54, 1.807) is 6.07 Å². The summed E-state index contributed by atoms with van der Waals surface area (Å²) >= 11 is 1.46. The van der Waals surface area contributed by atoms with Gasteiger partial charge in [0.2, 0.25) is 5.76 Å². The van der Waals surface area contributed by atoms with Gasteiger partial charge in [0.05, 0.1) is 6.61 Å². The molecule has 0 bridgehead atoms. The zero-order valence-electron chi connectivity index (χ0n) is 9.43. The van der Waals surface area contributed by atoms with E-state index in [4.69, 9.17) is 14.3 Å². The van der Waals surface area contributed by atoms with Crippen molar-refractivity contribution in [1.29, 1.82) is 0 Å². The molecule has 1 rings (SSSR count). The maximum absolute atomic E-state index is 10.5. The molecule has 0 aliphatic rings. The van der Waals surface area contributed by atoms with Crippen LogP contribution in [0.25, 0.3) is 0 Å². The number of thioether (sulfide) groups is 1. The average molecular weight is 244 g/mol. The summed E-state index contributed by atoms with van der Waals surface area (Å²) in [5.41, 5.74) is 0. The lowest BCUT2D eigenvalue weighted by molar-refractivity contribution is 0.0656. The Morgan fingerprint density at radius 3 is 2.88 bits per heavy atom. The van der Waals surface area contributed by atoms with Gasteiger partial charge in [-0.15, -0.1) is 0 Å². The SMILES string of the molecule is CC(C)COCCSc1ccc(C(=O)O)o1. The monoisotopic (exact) mass is 244 g/mol. The van der Waals surface area contributed by atoms with Gasteiger partial charge in [0.1, 0.15) is 0 Å². The first-order valence-electron chi connectivity index (χ1n) is 5.13. The Hall–Kier alpha value is -0.940. The molecular weight excluding hydrogens is 228 g/mol. The molecule has 1 aromatic rings. The molecule has 0 atom stereocenters. The normalized spacial score (nSPS) is 10.9. The molecule has 0 aliphatic carbocycles. The number of carbonyl (C=O) groups is 1. The number of rotatable bonds is 7. The first-order valence-corrected chi connectivity index (χ1v) is 6.12. The number of carboxylic acids is 1. The van der Waals surface area contributed by atoms with Gasteiger partial charge in [0.25, 0.3) is 0 Å². The third-order valence-corrected chi connectivity index (χ3v) is 2.59. The van der Waals surface area contributed by atoms with Gasteiger partial charge in [-0.25, -0.2) is 4.79 Å². The molecule has 4 nitrogen and oxygen atoms in total. The molecule has 90 valence electrons. The summed E-state index contributed by atoms with van der Waals surface area (Å²) in [5, 5.41) is 9.26. The number of hydrogen-bond donors (Lipinski definition) is 1. The summed E-state index contributed by atoms with van der Waals surface area (Å²) < 4.78 is 10.5. The number of aromatic carboxylic acids is 1. The number of furan rings is 1. The van der Waals surface area contributed by atoms with Crippen LogP contribution in [0.1, 0.15) is 24.4 Å². The molecule has 16 heavy (non-hydrogen) atoms. The topological polar surface area (TPSA) is 59.7 Å². The zero-order valence-corrected chi connectivity index (χ0v) is 10.3. The van der Waals surface area contributed by atoms with Crippen LogP contribution in [-0.4, -0.2) is 30.0 Å². The van der Waals surface area contributed by atoms with Crippen LogP contribution in [0.2, 0.25) is 0 Å². The Labute approximate surface area is 99.0 Å². The highest BCUT2D eigenvalue weighted by molar-refractivity contribution is 7.99. The minimum atomic E-state index is -1.04. The Bertz CT molecular complexity index is 332. The zero-order chi connectivity index (χ0) is 12.0. The van der Waals surface area contributed by atoms with E-state index in [9.17, 15) is 4.79 Å². The van der Waals surface area contributed by atoms with Crippen molar-refractivity contribution in [2.45, 2.75) is 18.9 Å². The van der Waals surface area contributed by atoms with Crippen molar-refractivity contribution in [1.82, 2.24) is 0 Å². The van der Waals surface area contributed by atoms with Crippen molar-refractivity contribution in [2.75, 3.05) is 19.0 Å². The van der Waals surface area contributed by atoms with Gasteiger partial charge in [0.15, 0.2) is 5.09 Å². The fourth-order valence-electron chi connectivity index (χ4n) is 1.03. The highest BCUT2D eigenvalue weighted by Gasteiger charge is 2.08. The molecule has 0 amide bonds. The van der Waals surface area contributed by atoms with E-state index in [1.165, 1.54) is 17.8 Å². The van der Waals surface area contributed by atoms with Crippen molar-refractivity contribution in [2.24, 2.45) is 5.92 Å². The van der Waals surface area contributed by atoms with Crippen molar-refractivity contribution < 1.29 is 19.1 Å². The Morgan fingerprint density at radius 2 is 2.31 bits per heavy atom. The maximum atomic E-state index is 10.5. The first-order chi connectivity index (χ1) is 7.59. The van der Waals surface area contributed by atoms with Crippen LogP contribution >= 0.6 is 11.8 Å². The largest absolute Gasteiger partial charge is 0.475 e. The summed E-state index contributed by atoms with van der Waals surface area (Å²) in [6, 6.07) is 3.12. The third kappa shape index (κ3) is 4.72. The third-order valence-electron chi connectivity index (χ3n) is 1.72. The molecule has 1 heterocycles. The van der Waals surface area contributed by atoms with Crippen molar-refractivity contribution >= 4 is 17.7 Å². The van der Waals surface area contributed by atoms with Crippen LogP contribution in [0.5, 0.6) is 0 Å². The molecule has 0 saturated carbocycles. The first kappa shape index (κ1) is 13.1. The molecule has 0 spiro atoms. The van der Waals surface area contributed by atoms with E-state index in [2.05, 4.69) is 13.8 Å². The van der Waals surface area contributed by atoms with Crippen molar-refractivity contribution in [3.63, 3.8) is 0 Å². The summed E-state index contributed by atoms with van der Waals surface area (Å²) in [5.74, 6) is 0.236. The predicted octanol–water partition coefficient (Wildman–Crippen LogP) is 2.74. The lowest BCUT2D eigenvalue weighted by Gasteiger charge is -2.05. The van der Waals surface area contributed by atoms with Gasteiger partial charge in [-0.05, 0) is 18.1 Å². The summed E-state index contributed by atoms with van der Waals surface area (Å²) in [7, 11) is 0. The molecule has 0 aliphatic heterocycles. The van der Waals surface area contributed by atoms with Gasteiger partial charge in [-0.1, -0.05) is 25.6 Å². The molecule has 0 saturated heterocycles. The minimum absolute atomic E-state index is 0.0226. The quantitative estimate of drug-likeness (QED) is 0.590. The highest BCUT2D eigenvalue weighted by Crippen LogP contribution is 2.20. The van der Waals surface area contributed by atoms with Crippen LogP contribution in [0.15, 0.2) is 21.6 Å². The Morgan fingerprint density at radius 1 is 1.56 bits per heavy atom. The highest BCUT2D eigenvalue weighted by atomic mass is 32.2. The lowest BCUT2D eigenvalue weighted by atomic mass is 10.2. The second kappa shape index (κ2) is 6.60.